The van der Waals surface area contributed by atoms with Crippen LogP contribution in [0.4, 0.5) is 0 Å². The number of hydrogen-bond donors (Lipinski definition) is 0. The summed E-state index contributed by atoms with van der Waals surface area (Å²) >= 11 is 0. The largest absolute Gasteiger partial charge is 0.475 e. The third-order valence-electron chi connectivity index (χ3n) is 3.52. The van der Waals surface area contributed by atoms with Crippen molar-refractivity contribution in [1.82, 2.24) is 9.88 Å². The van der Waals surface area contributed by atoms with Crippen LogP contribution in [-0.2, 0) is 0 Å². The minimum atomic E-state index is 0.483. The topological polar surface area (TPSA) is 49.1 Å². The second kappa shape index (κ2) is 6.53. The van der Waals surface area contributed by atoms with Crippen LogP contribution in [0.3, 0.4) is 0 Å². The number of hydrogen-bond acceptors (Lipinski definition) is 4. The maximum absolute atomic E-state index is 9.16. The molecule has 0 radical (unpaired) electrons. The van der Waals surface area contributed by atoms with E-state index in [4.69, 9.17) is 10.00 Å². The van der Waals surface area contributed by atoms with Gasteiger partial charge in [-0.15, -0.1) is 0 Å². The summed E-state index contributed by atoms with van der Waals surface area (Å²) in [4.78, 5) is 6.74. The van der Waals surface area contributed by atoms with Gasteiger partial charge in [-0.25, -0.2) is 4.98 Å². The third-order valence-corrected chi connectivity index (χ3v) is 3.52. The Labute approximate surface area is 115 Å². The minimum Gasteiger partial charge on any atom is -0.475 e. The summed E-state index contributed by atoms with van der Waals surface area (Å²) in [5.41, 5.74) is 2.39. The van der Waals surface area contributed by atoms with E-state index in [9.17, 15) is 0 Å². The Hall–Kier alpha value is -1.60. The lowest BCUT2D eigenvalue weighted by molar-refractivity contribution is 0.180. The van der Waals surface area contributed by atoms with Gasteiger partial charge in [0.25, 0.3) is 0 Å². The molecule has 2 heterocycles. The van der Waals surface area contributed by atoms with E-state index in [1.807, 2.05) is 19.9 Å². The predicted octanol–water partition coefficient (Wildman–Crippen LogP) is 2.43. The molecule has 1 saturated heterocycles. The van der Waals surface area contributed by atoms with Gasteiger partial charge in [-0.3, -0.25) is 4.90 Å². The molecule has 0 unspecified atom stereocenters. The molecule has 1 fully saturated rings. The van der Waals surface area contributed by atoms with E-state index in [0.29, 0.717) is 18.1 Å². The molecule has 102 valence electrons. The standard InChI is InChI=1S/C15H21N3O/c1-12-10-13(2)17-15(14(12)11-16)19-9-8-18-6-4-3-5-7-18/h10H,3-9H2,1-2H3. The van der Waals surface area contributed by atoms with Crippen molar-refractivity contribution in [2.24, 2.45) is 0 Å². The van der Waals surface area contributed by atoms with Gasteiger partial charge in [-0.05, 0) is 51.4 Å². The summed E-state index contributed by atoms with van der Waals surface area (Å²) in [6.07, 6.45) is 3.91. The Bertz CT molecular complexity index is 473. The number of likely N-dealkylation sites (tertiary alicyclic amines) is 1. The number of nitrogens with zero attached hydrogens (tertiary/aromatic N) is 3. The zero-order valence-corrected chi connectivity index (χ0v) is 11.8. The molecule has 19 heavy (non-hydrogen) atoms. The van der Waals surface area contributed by atoms with E-state index in [-0.39, 0.29) is 0 Å². The van der Waals surface area contributed by atoms with Crippen molar-refractivity contribution in [3.8, 4) is 11.9 Å². The molecule has 1 aliphatic rings. The fourth-order valence-electron chi connectivity index (χ4n) is 2.50. The zero-order valence-electron chi connectivity index (χ0n) is 11.8. The fraction of sp³-hybridized carbons (Fsp3) is 0.600. The lowest BCUT2D eigenvalue weighted by Gasteiger charge is -2.26. The fourth-order valence-corrected chi connectivity index (χ4v) is 2.50. The van der Waals surface area contributed by atoms with Gasteiger partial charge in [0.05, 0.1) is 0 Å². The number of rotatable bonds is 4. The molecule has 1 aliphatic heterocycles. The molecule has 0 bridgehead atoms. The van der Waals surface area contributed by atoms with Crippen LogP contribution in [0.5, 0.6) is 5.88 Å². The number of piperidine rings is 1. The van der Waals surface area contributed by atoms with E-state index in [1.165, 1.54) is 19.3 Å². The second-order valence-corrected chi connectivity index (χ2v) is 5.12. The highest BCUT2D eigenvalue weighted by Gasteiger charge is 2.12. The molecule has 0 saturated carbocycles. The molecule has 0 amide bonds. The number of pyridine rings is 1. The molecule has 2 rings (SSSR count). The first kappa shape index (κ1) is 13.8. The number of aromatic nitrogens is 1. The maximum Gasteiger partial charge on any atom is 0.232 e. The second-order valence-electron chi connectivity index (χ2n) is 5.12. The van der Waals surface area contributed by atoms with Gasteiger partial charge < -0.3 is 4.74 Å². The van der Waals surface area contributed by atoms with Gasteiger partial charge in [0, 0.05) is 12.2 Å². The van der Waals surface area contributed by atoms with Crippen molar-refractivity contribution >= 4 is 0 Å². The highest BCUT2D eigenvalue weighted by molar-refractivity contribution is 5.45. The van der Waals surface area contributed by atoms with E-state index in [1.54, 1.807) is 0 Å². The number of ether oxygens (including phenoxy) is 1. The van der Waals surface area contributed by atoms with Crippen molar-refractivity contribution in [3.63, 3.8) is 0 Å². The molecule has 0 spiro atoms. The van der Waals surface area contributed by atoms with Crippen molar-refractivity contribution < 1.29 is 4.74 Å². The van der Waals surface area contributed by atoms with Crippen LogP contribution >= 0.6 is 0 Å². The van der Waals surface area contributed by atoms with Gasteiger partial charge in [0.2, 0.25) is 5.88 Å². The Morgan fingerprint density at radius 1 is 1.32 bits per heavy atom. The van der Waals surface area contributed by atoms with Crippen molar-refractivity contribution in [1.29, 1.82) is 5.26 Å². The van der Waals surface area contributed by atoms with Crippen LogP contribution in [0.15, 0.2) is 6.07 Å². The van der Waals surface area contributed by atoms with E-state index < -0.39 is 0 Å². The van der Waals surface area contributed by atoms with Crippen LogP contribution in [0.2, 0.25) is 0 Å². The molecular weight excluding hydrogens is 238 g/mol. The molecule has 0 aliphatic carbocycles. The highest BCUT2D eigenvalue weighted by atomic mass is 16.5. The molecule has 0 atom stereocenters. The first-order valence-corrected chi connectivity index (χ1v) is 6.94. The average Bonchev–Trinajstić information content (AvgIpc) is 2.39. The lowest BCUT2D eigenvalue weighted by Crippen LogP contribution is -2.33. The van der Waals surface area contributed by atoms with Crippen LogP contribution in [0.1, 0.15) is 36.1 Å². The van der Waals surface area contributed by atoms with Gasteiger partial charge >= 0.3 is 0 Å². The lowest BCUT2D eigenvalue weighted by atomic mass is 10.1. The first-order chi connectivity index (χ1) is 9.20. The Morgan fingerprint density at radius 2 is 2.05 bits per heavy atom. The third kappa shape index (κ3) is 3.68. The number of aryl methyl sites for hydroxylation is 2. The van der Waals surface area contributed by atoms with Gasteiger partial charge in [0.1, 0.15) is 18.2 Å². The van der Waals surface area contributed by atoms with Gasteiger partial charge in [-0.1, -0.05) is 6.42 Å². The van der Waals surface area contributed by atoms with Crippen LogP contribution in [-0.4, -0.2) is 36.1 Å². The van der Waals surface area contributed by atoms with Crippen LogP contribution in [0, 0.1) is 25.2 Å². The maximum atomic E-state index is 9.16. The predicted molar refractivity (Wildman–Crippen MR) is 74.2 cm³/mol. The zero-order chi connectivity index (χ0) is 13.7. The van der Waals surface area contributed by atoms with Gasteiger partial charge in [-0.2, -0.15) is 5.26 Å². The summed E-state index contributed by atoms with van der Waals surface area (Å²) in [5, 5.41) is 9.16. The molecule has 4 heteroatoms. The van der Waals surface area contributed by atoms with E-state index in [0.717, 1.165) is 30.9 Å². The Balaban J connectivity index is 1.93. The van der Waals surface area contributed by atoms with E-state index in [2.05, 4.69) is 16.0 Å². The van der Waals surface area contributed by atoms with Crippen LogP contribution < -0.4 is 4.74 Å². The van der Waals surface area contributed by atoms with E-state index >= 15 is 0 Å². The molecular formula is C15H21N3O. The summed E-state index contributed by atoms with van der Waals surface area (Å²) in [5.74, 6) is 0.483. The Morgan fingerprint density at radius 3 is 2.74 bits per heavy atom. The quantitative estimate of drug-likeness (QED) is 0.833. The minimum absolute atomic E-state index is 0.483. The Kier molecular flexibility index (Phi) is 4.75. The summed E-state index contributed by atoms with van der Waals surface area (Å²) in [7, 11) is 0. The SMILES string of the molecule is Cc1cc(C)c(C#N)c(OCCN2CCCCC2)n1. The molecule has 0 N–H and O–H groups in total. The number of nitriles is 1. The van der Waals surface area contributed by atoms with Crippen molar-refractivity contribution in [2.75, 3.05) is 26.2 Å². The monoisotopic (exact) mass is 259 g/mol. The molecule has 1 aromatic rings. The van der Waals surface area contributed by atoms with Crippen molar-refractivity contribution in [3.05, 3.63) is 22.9 Å². The first-order valence-electron chi connectivity index (χ1n) is 6.94. The van der Waals surface area contributed by atoms with Crippen molar-refractivity contribution in [2.45, 2.75) is 33.1 Å². The van der Waals surface area contributed by atoms with Crippen LogP contribution in [0.25, 0.3) is 0 Å². The summed E-state index contributed by atoms with van der Waals surface area (Å²) in [6.45, 7) is 7.68. The summed E-state index contributed by atoms with van der Waals surface area (Å²) in [6, 6.07) is 4.09. The van der Waals surface area contributed by atoms with Gasteiger partial charge in [0.15, 0.2) is 0 Å². The summed E-state index contributed by atoms with van der Waals surface area (Å²) < 4.78 is 5.72. The average molecular weight is 259 g/mol. The molecule has 0 aromatic carbocycles. The smallest absolute Gasteiger partial charge is 0.232 e. The highest BCUT2D eigenvalue weighted by Crippen LogP contribution is 2.19. The molecule has 4 nitrogen and oxygen atoms in total. The normalized spacial score (nSPS) is 16.1. The molecule has 1 aromatic heterocycles.